The number of benzene rings is 1. The Morgan fingerprint density at radius 2 is 1.86 bits per heavy atom. The predicted octanol–water partition coefficient (Wildman–Crippen LogP) is 3.86. The second-order valence-electron chi connectivity index (χ2n) is 4.87. The lowest BCUT2D eigenvalue weighted by Gasteiger charge is -2.19. The molecule has 0 atom stereocenters. The van der Waals surface area contributed by atoms with Gasteiger partial charge in [0.15, 0.2) is 0 Å². The third-order valence-electron chi connectivity index (χ3n) is 3.28. The van der Waals surface area contributed by atoms with Crippen LogP contribution in [-0.4, -0.2) is 24.1 Å². The van der Waals surface area contributed by atoms with Crippen molar-refractivity contribution in [3.63, 3.8) is 0 Å². The Labute approximate surface area is 131 Å². The largest absolute Gasteiger partial charge is 0.497 e. The fourth-order valence-corrected chi connectivity index (χ4v) is 1.91. The molecule has 0 saturated carbocycles. The smallest absolute Gasteiger partial charge is 0.224 e. The lowest BCUT2D eigenvalue weighted by atomic mass is 10.3. The summed E-state index contributed by atoms with van der Waals surface area (Å²) in [4.78, 5) is 10.8. The first-order chi connectivity index (χ1) is 10.5. The first-order valence-electron chi connectivity index (χ1n) is 7.07. The van der Waals surface area contributed by atoms with Crippen molar-refractivity contribution < 1.29 is 9.47 Å². The highest BCUT2D eigenvalue weighted by atomic mass is 16.5. The summed E-state index contributed by atoms with van der Waals surface area (Å²) in [6.45, 7) is 5.67. The van der Waals surface area contributed by atoms with E-state index in [0.717, 1.165) is 23.0 Å². The standard InChI is InChI=1S/C17H21N3O2/c1-6-12(2)22-17-11-16(18-13(3)19-17)20(4)14-7-9-15(21-5)10-8-14/h6-11H,1-5H3/b12-6-. The minimum atomic E-state index is 0.540. The zero-order valence-electron chi connectivity index (χ0n) is 13.6. The Bertz CT molecular complexity index is 666. The zero-order chi connectivity index (χ0) is 16.1. The molecule has 0 saturated heterocycles. The molecule has 5 nitrogen and oxygen atoms in total. The molecule has 22 heavy (non-hydrogen) atoms. The van der Waals surface area contributed by atoms with Gasteiger partial charge in [-0.15, -0.1) is 0 Å². The SMILES string of the molecule is C/C=C(/C)Oc1cc(N(C)c2ccc(OC)cc2)nc(C)n1. The van der Waals surface area contributed by atoms with Gasteiger partial charge in [-0.05, 0) is 51.1 Å². The summed E-state index contributed by atoms with van der Waals surface area (Å²) in [6.07, 6.45) is 1.89. The summed E-state index contributed by atoms with van der Waals surface area (Å²) < 4.78 is 10.8. The van der Waals surface area contributed by atoms with Crippen LogP contribution in [0.25, 0.3) is 0 Å². The third kappa shape index (κ3) is 3.75. The highest BCUT2D eigenvalue weighted by molar-refractivity contribution is 5.60. The summed E-state index contributed by atoms with van der Waals surface area (Å²) in [5.41, 5.74) is 1.01. The topological polar surface area (TPSA) is 47.5 Å². The minimum Gasteiger partial charge on any atom is -0.497 e. The summed E-state index contributed by atoms with van der Waals surface area (Å²) >= 11 is 0. The Balaban J connectivity index is 2.29. The number of hydrogen-bond acceptors (Lipinski definition) is 5. The van der Waals surface area contributed by atoms with Crippen LogP contribution in [0.4, 0.5) is 11.5 Å². The maximum absolute atomic E-state index is 5.67. The van der Waals surface area contributed by atoms with Crippen molar-refractivity contribution in [2.45, 2.75) is 20.8 Å². The van der Waals surface area contributed by atoms with Gasteiger partial charge in [-0.3, -0.25) is 0 Å². The average molecular weight is 299 g/mol. The molecule has 0 aliphatic carbocycles. The molecule has 0 aliphatic heterocycles. The van der Waals surface area contributed by atoms with Gasteiger partial charge in [0, 0.05) is 18.8 Å². The number of anilines is 2. The van der Waals surface area contributed by atoms with E-state index >= 15 is 0 Å². The molecule has 2 aromatic rings. The van der Waals surface area contributed by atoms with Crippen LogP contribution in [-0.2, 0) is 0 Å². The van der Waals surface area contributed by atoms with E-state index in [9.17, 15) is 0 Å². The van der Waals surface area contributed by atoms with Gasteiger partial charge in [0.1, 0.15) is 17.4 Å². The van der Waals surface area contributed by atoms with Gasteiger partial charge in [0.25, 0.3) is 0 Å². The Kier molecular flexibility index (Phi) is 4.99. The van der Waals surface area contributed by atoms with Crippen molar-refractivity contribution in [3.05, 3.63) is 48.0 Å². The van der Waals surface area contributed by atoms with Crippen LogP contribution >= 0.6 is 0 Å². The van der Waals surface area contributed by atoms with E-state index in [0.29, 0.717) is 11.7 Å². The van der Waals surface area contributed by atoms with Crippen molar-refractivity contribution in [2.24, 2.45) is 0 Å². The number of rotatable bonds is 5. The second kappa shape index (κ2) is 6.93. The number of allylic oxidation sites excluding steroid dienone is 2. The van der Waals surface area contributed by atoms with Crippen molar-refractivity contribution in [1.29, 1.82) is 0 Å². The molecule has 0 fully saturated rings. The number of methoxy groups -OCH3 is 1. The van der Waals surface area contributed by atoms with Gasteiger partial charge >= 0.3 is 0 Å². The highest BCUT2D eigenvalue weighted by Gasteiger charge is 2.10. The number of aromatic nitrogens is 2. The van der Waals surface area contributed by atoms with E-state index in [2.05, 4.69) is 9.97 Å². The van der Waals surface area contributed by atoms with Crippen LogP contribution in [0.1, 0.15) is 19.7 Å². The van der Waals surface area contributed by atoms with E-state index in [1.165, 1.54) is 0 Å². The third-order valence-corrected chi connectivity index (χ3v) is 3.28. The molecule has 1 aromatic carbocycles. The van der Waals surface area contributed by atoms with E-state index < -0.39 is 0 Å². The molecule has 1 aromatic heterocycles. The van der Waals surface area contributed by atoms with Crippen molar-refractivity contribution in [3.8, 4) is 11.6 Å². The average Bonchev–Trinajstić information content (AvgIpc) is 2.53. The fraction of sp³-hybridized carbons (Fsp3) is 0.294. The molecular weight excluding hydrogens is 278 g/mol. The zero-order valence-corrected chi connectivity index (χ0v) is 13.6. The van der Waals surface area contributed by atoms with Crippen molar-refractivity contribution in [1.82, 2.24) is 9.97 Å². The van der Waals surface area contributed by atoms with Gasteiger partial charge in [-0.1, -0.05) is 0 Å². The van der Waals surface area contributed by atoms with Gasteiger partial charge in [0.05, 0.1) is 12.9 Å². The number of hydrogen-bond donors (Lipinski definition) is 0. The first kappa shape index (κ1) is 15.8. The molecule has 0 N–H and O–H groups in total. The van der Waals surface area contributed by atoms with Crippen molar-refractivity contribution >= 4 is 11.5 Å². The number of aryl methyl sites for hydroxylation is 1. The van der Waals surface area contributed by atoms with E-state index in [1.54, 1.807) is 7.11 Å². The summed E-state index contributed by atoms with van der Waals surface area (Å²) in [7, 11) is 3.61. The predicted molar refractivity (Wildman–Crippen MR) is 87.9 cm³/mol. The minimum absolute atomic E-state index is 0.540. The van der Waals surface area contributed by atoms with Gasteiger partial charge < -0.3 is 14.4 Å². The van der Waals surface area contributed by atoms with Gasteiger partial charge in [0.2, 0.25) is 5.88 Å². The van der Waals surface area contributed by atoms with Crippen LogP contribution in [0.2, 0.25) is 0 Å². The summed E-state index contributed by atoms with van der Waals surface area (Å²) in [6, 6.07) is 9.62. The summed E-state index contributed by atoms with van der Waals surface area (Å²) in [5.74, 6) is 3.60. The molecule has 0 radical (unpaired) electrons. The van der Waals surface area contributed by atoms with E-state index in [1.807, 2.05) is 69.1 Å². The van der Waals surface area contributed by atoms with Crippen LogP contribution < -0.4 is 14.4 Å². The fourth-order valence-electron chi connectivity index (χ4n) is 1.91. The summed E-state index contributed by atoms with van der Waals surface area (Å²) in [5, 5.41) is 0. The molecule has 2 rings (SSSR count). The molecule has 0 amide bonds. The Morgan fingerprint density at radius 3 is 2.45 bits per heavy atom. The molecule has 0 spiro atoms. The molecule has 5 heteroatoms. The Morgan fingerprint density at radius 1 is 1.18 bits per heavy atom. The maximum atomic E-state index is 5.67. The van der Waals surface area contributed by atoms with E-state index in [-0.39, 0.29) is 0 Å². The molecule has 1 heterocycles. The van der Waals surface area contributed by atoms with Crippen molar-refractivity contribution in [2.75, 3.05) is 19.1 Å². The van der Waals surface area contributed by atoms with Gasteiger partial charge in [-0.2, -0.15) is 4.98 Å². The van der Waals surface area contributed by atoms with E-state index in [4.69, 9.17) is 9.47 Å². The van der Waals surface area contributed by atoms with Gasteiger partial charge in [-0.25, -0.2) is 4.98 Å². The van der Waals surface area contributed by atoms with Crippen LogP contribution in [0.15, 0.2) is 42.2 Å². The van der Waals surface area contributed by atoms with Crippen LogP contribution in [0.5, 0.6) is 11.6 Å². The van der Waals surface area contributed by atoms with Crippen LogP contribution in [0.3, 0.4) is 0 Å². The van der Waals surface area contributed by atoms with Crippen LogP contribution in [0, 0.1) is 6.92 Å². The monoisotopic (exact) mass is 299 g/mol. The lowest BCUT2D eigenvalue weighted by Crippen LogP contribution is -2.12. The molecule has 0 aliphatic rings. The number of nitrogens with zero attached hydrogens (tertiary/aromatic N) is 3. The Hall–Kier alpha value is -2.56. The molecular formula is C17H21N3O2. The highest BCUT2D eigenvalue weighted by Crippen LogP contribution is 2.26. The number of ether oxygens (including phenoxy) is 2. The molecule has 0 unspecified atom stereocenters. The molecule has 116 valence electrons. The first-order valence-corrected chi connectivity index (χ1v) is 7.07. The second-order valence-corrected chi connectivity index (χ2v) is 4.87. The molecule has 0 bridgehead atoms. The normalized spacial score (nSPS) is 11.2. The quantitative estimate of drug-likeness (QED) is 0.784. The lowest BCUT2D eigenvalue weighted by molar-refractivity contribution is 0.408. The maximum Gasteiger partial charge on any atom is 0.224 e.